The van der Waals surface area contributed by atoms with Gasteiger partial charge in [-0.1, -0.05) is 11.6 Å². The van der Waals surface area contributed by atoms with Crippen molar-refractivity contribution in [3.05, 3.63) is 17.4 Å². The van der Waals surface area contributed by atoms with Gasteiger partial charge in [-0.25, -0.2) is 4.98 Å². The number of rotatable bonds is 4. The molecule has 1 aromatic rings. The summed E-state index contributed by atoms with van der Waals surface area (Å²) in [7, 11) is -0.427. The highest BCUT2D eigenvalue weighted by molar-refractivity contribution is 8.17. The largest absolute Gasteiger partial charge is 0.496 e. The zero-order chi connectivity index (χ0) is 15.8. The van der Waals surface area contributed by atoms with Gasteiger partial charge in [0.2, 0.25) is 0 Å². The molecular weight excluding hydrogens is 327 g/mol. The number of halogens is 1. The molecule has 0 N–H and O–H groups in total. The van der Waals surface area contributed by atoms with E-state index in [4.69, 9.17) is 20.9 Å². The molecule has 0 aliphatic carbocycles. The molecule has 0 saturated carbocycles. The van der Waals surface area contributed by atoms with E-state index in [1.807, 2.05) is 50.0 Å². The SMILES string of the molecule is CSN(SC)c1cc(B2OC(C)(C)C(C)(C)O2)cnc1Cl. The van der Waals surface area contributed by atoms with E-state index in [1.165, 1.54) is 0 Å². The van der Waals surface area contributed by atoms with Crippen LogP contribution in [0.25, 0.3) is 0 Å². The van der Waals surface area contributed by atoms with Crippen molar-refractivity contribution >= 4 is 53.8 Å². The van der Waals surface area contributed by atoms with Crippen molar-refractivity contribution < 1.29 is 9.31 Å². The molecule has 116 valence electrons. The Morgan fingerprint density at radius 3 is 2.14 bits per heavy atom. The fraction of sp³-hybridized carbons (Fsp3) is 0.615. The lowest BCUT2D eigenvalue weighted by molar-refractivity contribution is 0.00578. The topological polar surface area (TPSA) is 34.6 Å². The average molecular weight is 347 g/mol. The third-order valence-electron chi connectivity index (χ3n) is 3.90. The van der Waals surface area contributed by atoms with Gasteiger partial charge in [-0.2, -0.15) is 0 Å². The molecule has 0 bridgehead atoms. The Labute approximate surface area is 140 Å². The van der Waals surface area contributed by atoms with Crippen LogP contribution in [-0.4, -0.2) is 35.8 Å². The second kappa shape index (κ2) is 6.20. The van der Waals surface area contributed by atoms with Crippen molar-refractivity contribution in [2.24, 2.45) is 0 Å². The van der Waals surface area contributed by atoms with E-state index in [0.717, 1.165) is 11.2 Å². The lowest BCUT2D eigenvalue weighted by atomic mass is 9.80. The molecule has 0 atom stereocenters. The van der Waals surface area contributed by atoms with Crippen LogP contribution in [0.4, 0.5) is 5.69 Å². The first-order chi connectivity index (χ1) is 9.71. The summed E-state index contributed by atoms with van der Waals surface area (Å²) in [6.07, 6.45) is 5.70. The number of aromatic nitrogens is 1. The van der Waals surface area contributed by atoms with Gasteiger partial charge in [0.25, 0.3) is 0 Å². The molecule has 2 rings (SSSR count). The van der Waals surface area contributed by atoms with Crippen LogP contribution in [0, 0.1) is 0 Å². The van der Waals surface area contributed by atoms with E-state index in [2.05, 4.69) is 4.98 Å². The Bertz CT molecular complexity index is 511. The molecule has 21 heavy (non-hydrogen) atoms. The summed E-state index contributed by atoms with van der Waals surface area (Å²) in [5, 5.41) is 0.471. The van der Waals surface area contributed by atoms with E-state index in [0.29, 0.717) is 5.15 Å². The summed E-state index contributed by atoms with van der Waals surface area (Å²) in [6.45, 7) is 8.14. The highest BCUT2D eigenvalue weighted by Crippen LogP contribution is 2.37. The molecule has 2 heterocycles. The highest BCUT2D eigenvalue weighted by Gasteiger charge is 2.51. The van der Waals surface area contributed by atoms with Crippen LogP contribution in [0.2, 0.25) is 5.15 Å². The first-order valence-electron chi connectivity index (χ1n) is 6.61. The lowest BCUT2D eigenvalue weighted by Crippen LogP contribution is -2.41. The first-order valence-corrected chi connectivity index (χ1v) is 9.35. The van der Waals surface area contributed by atoms with Crippen molar-refractivity contribution in [3.8, 4) is 0 Å². The summed E-state index contributed by atoms with van der Waals surface area (Å²) in [5.74, 6) is 0. The molecule has 1 aliphatic rings. The maximum Gasteiger partial charge on any atom is 0.496 e. The molecule has 0 aromatic carbocycles. The number of pyridine rings is 1. The molecule has 0 unspecified atom stereocenters. The van der Waals surface area contributed by atoms with E-state index in [1.54, 1.807) is 30.1 Å². The minimum atomic E-state index is -0.427. The van der Waals surface area contributed by atoms with Gasteiger partial charge >= 0.3 is 7.12 Å². The number of hydrogen-bond donors (Lipinski definition) is 0. The van der Waals surface area contributed by atoms with E-state index < -0.39 is 7.12 Å². The number of hydrogen-bond acceptors (Lipinski definition) is 6. The van der Waals surface area contributed by atoms with Crippen LogP contribution < -0.4 is 9.17 Å². The lowest BCUT2D eigenvalue weighted by Gasteiger charge is -2.32. The standard InChI is InChI=1S/C13H20BClN2O2S2/c1-12(2)13(3,4)19-14(18-12)9-7-10(11(15)16-8-9)17(20-5)21-6/h7-8H,1-6H3. The molecular formula is C13H20BClN2O2S2. The maximum absolute atomic E-state index is 6.21. The van der Waals surface area contributed by atoms with Crippen molar-refractivity contribution in [2.75, 3.05) is 16.2 Å². The van der Waals surface area contributed by atoms with Gasteiger partial charge in [0.05, 0.1) is 16.9 Å². The van der Waals surface area contributed by atoms with Crippen molar-refractivity contribution in [3.63, 3.8) is 0 Å². The van der Waals surface area contributed by atoms with Crippen molar-refractivity contribution in [2.45, 2.75) is 38.9 Å². The monoisotopic (exact) mass is 346 g/mol. The van der Waals surface area contributed by atoms with Gasteiger partial charge < -0.3 is 9.31 Å². The number of anilines is 1. The third-order valence-corrected chi connectivity index (χ3v) is 6.14. The predicted octanol–water partition coefficient (Wildman–Crippen LogP) is 3.40. The van der Waals surface area contributed by atoms with E-state index >= 15 is 0 Å². The van der Waals surface area contributed by atoms with Crippen LogP contribution in [0.15, 0.2) is 12.3 Å². The molecule has 1 fully saturated rings. The predicted molar refractivity (Wildman–Crippen MR) is 94.5 cm³/mol. The van der Waals surface area contributed by atoms with Crippen LogP contribution in [0.1, 0.15) is 27.7 Å². The molecule has 0 spiro atoms. The fourth-order valence-electron chi connectivity index (χ4n) is 1.96. The normalized spacial score (nSPS) is 19.9. The van der Waals surface area contributed by atoms with Crippen LogP contribution in [0.5, 0.6) is 0 Å². The Morgan fingerprint density at radius 2 is 1.67 bits per heavy atom. The molecule has 1 aliphatic heterocycles. The Morgan fingerprint density at radius 1 is 1.14 bits per heavy atom. The zero-order valence-electron chi connectivity index (χ0n) is 13.1. The molecule has 1 saturated heterocycles. The molecule has 4 nitrogen and oxygen atoms in total. The van der Waals surface area contributed by atoms with Gasteiger partial charge in [-0.05, 0) is 57.7 Å². The average Bonchev–Trinajstić information content (AvgIpc) is 2.62. The second-order valence-electron chi connectivity index (χ2n) is 5.79. The molecule has 1 aromatic heterocycles. The van der Waals surface area contributed by atoms with Gasteiger partial charge in [0.1, 0.15) is 0 Å². The Hall–Kier alpha value is -0.0751. The zero-order valence-corrected chi connectivity index (χ0v) is 15.5. The summed E-state index contributed by atoms with van der Waals surface area (Å²) in [6, 6.07) is 1.98. The minimum Gasteiger partial charge on any atom is -0.399 e. The van der Waals surface area contributed by atoms with Gasteiger partial charge in [-0.3, -0.25) is 3.71 Å². The van der Waals surface area contributed by atoms with Gasteiger partial charge in [-0.15, -0.1) is 0 Å². The summed E-state index contributed by atoms with van der Waals surface area (Å²) in [4.78, 5) is 4.27. The minimum absolute atomic E-state index is 0.365. The fourth-order valence-corrected chi connectivity index (χ4v) is 3.52. The van der Waals surface area contributed by atoms with E-state index in [-0.39, 0.29) is 11.2 Å². The first kappa shape index (κ1) is 17.3. The third kappa shape index (κ3) is 3.32. The number of nitrogens with zero attached hydrogens (tertiary/aromatic N) is 2. The highest BCUT2D eigenvalue weighted by atomic mass is 35.5. The van der Waals surface area contributed by atoms with Gasteiger partial charge in [0, 0.05) is 24.2 Å². The Kier molecular flexibility index (Phi) is 5.10. The van der Waals surface area contributed by atoms with Crippen LogP contribution >= 0.6 is 35.5 Å². The maximum atomic E-state index is 6.21. The van der Waals surface area contributed by atoms with Crippen LogP contribution in [0.3, 0.4) is 0 Å². The Balaban J connectivity index is 2.33. The second-order valence-corrected chi connectivity index (χ2v) is 7.84. The van der Waals surface area contributed by atoms with Crippen LogP contribution in [-0.2, 0) is 9.31 Å². The summed E-state index contributed by atoms with van der Waals surface area (Å²) < 4.78 is 14.1. The van der Waals surface area contributed by atoms with Gasteiger partial charge in [0.15, 0.2) is 5.15 Å². The smallest absolute Gasteiger partial charge is 0.399 e. The molecule has 0 amide bonds. The summed E-state index contributed by atoms with van der Waals surface area (Å²) >= 11 is 9.36. The van der Waals surface area contributed by atoms with Crippen molar-refractivity contribution in [1.82, 2.24) is 4.98 Å². The molecule has 8 heteroatoms. The quantitative estimate of drug-likeness (QED) is 0.472. The van der Waals surface area contributed by atoms with E-state index in [9.17, 15) is 0 Å². The van der Waals surface area contributed by atoms with Crippen molar-refractivity contribution in [1.29, 1.82) is 0 Å². The molecule has 0 radical (unpaired) electrons. The summed E-state index contributed by atoms with van der Waals surface area (Å²) in [5.41, 5.74) is 0.997.